The minimum absolute atomic E-state index is 0.00776. The van der Waals surface area contributed by atoms with Gasteiger partial charge in [0.1, 0.15) is 0 Å². The smallest absolute Gasteiger partial charge is 0.0645 e. The van der Waals surface area contributed by atoms with E-state index in [1.54, 1.807) is 0 Å². The maximum absolute atomic E-state index is 2.62. The van der Waals surface area contributed by atoms with E-state index in [1.165, 1.54) is 122 Å². The lowest BCUT2D eigenvalue weighted by Crippen LogP contribution is -2.36. The summed E-state index contributed by atoms with van der Waals surface area (Å²) in [6.07, 6.45) is 10.3. The molecule has 0 bridgehead atoms. The third-order valence-corrected chi connectivity index (χ3v) is 18.8. The van der Waals surface area contributed by atoms with E-state index in [1.807, 2.05) is 0 Å². The molecular weight excluding hydrogens is 985 g/mol. The second-order valence-corrected chi connectivity index (χ2v) is 33.2. The molecular formula is C82H98. The second-order valence-electron chi connectivity index (χ2n) is 33.2. The molecule has 0 aromatic heterocycles. The molecule has 0 saturated heterocycles. The molecule has 0 heteroatoms. The van der Waals surface area contributed by atoms with Crippen molar-refractivity contribution in [2.45, 2.75) is 220 Å². The summed E-state index contributed by atoms with van der Waals surface area (Å²) >= 11 is 0. The quantitative estimate of drug-likeness (QED) is 0.161. The van der Waals surface area contributed by atoms with Crippen molar-refractivity contribution >= 4 is 33.7 Å². The van der Waals surface area contributed by atoms with Crippen LogP contribution in [0.15, 0.2) is 146 Å². The molecule has 0 N–H and O–H groups in total. The van der Waals surface area contributed by atoms with Gasteiger partial charge >= 0.3 is 0 Å². The molecule has 8 aromatic rings. The van der Waals surface area contributed by atoms with Crippen LogP contribution < -0.4 is 0 Å². The Balaban J connectivity index is 1.32. The Bertz CT molecular complexity index is 3500. The Hall–Kier alpha value is -6.24. The van der Waals surface area contributed by atoms with Gasteiger partial charge in [-0.15, -0.1) is 0 Å². The average Bonchev–Trinajstić information content (AvgIpc) is 1.01. The third kappa shape index (κ3) is 9.79. The van der Waals surface area contributed by atoms with Crippen LogP contribution in [-0.4, -0.2) is 0 Å². The van der Waals surface area contributed by atoms with Crippen molar-refractivity contribution in [3.63, 3.8) is 0 Å². The predicted octanol–water partition coefficient (Wildman–Crippen LogP) is 22.8. The lowest BCUT2D eigenvalue weighted by molar-refractivity contribution is 0.542. The maximum Gasteiger partial charge on any atom is 0.0647 e. The molecule has 0 saturated carbocycles. The maximum atomic E-state index is 2.62. The van der Waals surface area contributed by atoms with Crippen LogP contribution in [0.2, 0.25) is 0 Å². The number of rotatable bonds is 5. The molecule has 82 heavy (non-hydrogen) atoms. The van der Waals surface area contributed by atoms with Crippen molar-refractivity contribution in [3.8, 4) is 11.1 Å². The molecule has 10 rings (SSSR count). The van der Waals surface area contributed by atoms with Crippen LogP contribution in [0.4, 0.5) is 0 Å². The van der Waals surface area contributed by atoms with E-state index in [4.69, 9.17) is 0 Å². The fourth-order valence-corrected chi connectivity index (χ4v) is 14.0. The first-order valence-corrected chi connectivity index (χ1v) is 30.8. The average molecular weight is 1080 g/mol. The van der Waals surface area contributed by atoms with E-state index in [-0.39, 0.29) is 43.3 Å². The second kappa shape index (κ2) is 19.1. The third-order valence-electron chi connectivity index (χ3n) is 18.8. The zero-order valence-corrected chi connectivity index (χ0v) is 55.0. The van der Waals surface area contributed by atoms with Gasteiger partial charge in [0.15, 0.2) is 0 Å². The molecule has 0 spiro atoms. The topological polar surface area (TPSA) is 0 Å². The Labute approximate surface area is 497 Å². The first kappa shape index (κ1) is 58.9. The fourth-order valence-electron chi connectivity index (χ4n) is 14.0. The van der Waals surface area contributed by atoms with Gasteiger partial charge < -0.3 is 0 Å². The Morgan fingerprint density at radius 3 is 0.732 bits per heavy atom. The standard InChI is InChI=1S/C82H98/c1-73(2,3)53-33-39-61(67(47-53)77(13,14)15)81(62-40-34-54(74(4,5)6)48-68(62)78(16,17)18)45-43-59-57(37-31-51-27-25-29-65(81)71(51)59)58-38-32-52-28-26-30-66-72(52)60(58)44-46-82(66,63-41-35-55(75(7,8)9)49-69(63)79(19,20)21)64-42-36-56(76(10,11)12)50-70(64)80(22,23)24/h25-50H,1-24H3. The summed E-state index contributed by atoms with van der Waals surface area (Å²) in [7, 11) is 0. The summed E-state index contributed by atoms with van der Waals surface area (Å²) in [6, 6.07) is 54.0. The van der Waals surface area contributed by atoms with Gasteiger partial charge in [0.05, 0.1) is 10.8 Å². The monoisotopic (exact) mass is 1080 g/mol. The van der Waals surface area contributed by atoms with Crippen LogP contribution in [-0.2, 0) is 54.1 Å². The lowest BCUT2D eigenvalue weighted by atomic mass is 9.58. The van der Waals surface area contributed by atoms with Gasteiger partial charge in [0, 0.05) is 0 Å². The van der Waals surface area contributed by atoms with Gasteiger partial charge in [0.2, 0.25) is 0 Å². The molecule has 0 unspecified atom stereocenters. The van der Waals surface area contributed by atoms with Crippen LogP contribution in [0.1, 0.15) is 255 Å². The van der Waals surface area contributed by atoms with Gasteiger partial charge in [-0.1, -0.05) is 324 Å². The highest BCUT2D eigenvalue weighted by Crippen LogP contribution is 2.58. The van der Waals surface area contributed by atoms with Gasteiger partial charge in [-0.3, -0.25) is 0 Å². The fraction of sp³-hybridized carbons (Fsp3) is 0.415. The van der Waals surface area contributed by atoms with Gasteiger partial charge in [-0.2, -0.15) is 0 Å². The molecule has 2 aliphatic carbocycles. The molecule has 0 atom stereocenters. The summed E-state index contributed by atoms with van der Waals surface area (Å²) in [5, 5.41) is 5.20. The highest BCUT2D eigenvalue weighted by Gasteiger charge is 2.47. The molecule has 0 amide bonds. The van der Waals surface area contributed by atoms with Crippen molar-refractivity contribution in [3.05, 3.63) is 235 Å². The van der Waals surface area contributed by atoms with Crippen LogP contribution in [0.25, 0.3) is 44.8 Å². The molecule has 0 aliphatic heterocycles. The molecule has 0 radical (unpaired) electrons. The van der Waals surface area contributed by atoms with Crippen molar-refractivity contribution in [1.29, 1.82) is 0 Å². The first-order chi connectivity index (χ1) is 37.7. The number of hydrogen-bond donors (Lipinski definition) is 0. The van der Waals surface area contributed by atoms with Gasteiger partial charge in [0.25, 0.3) is 0 Å². The Kier molecular flexibility index (Phi) is 13.8. The van der Waals surface area contributed by atoms with Crippen LogP contribution in [0, 0.1) is 0 Å². The van der Waals surface area contributed by atoms with Crippen LogP contribution in [0.3, 0.4) is 0 Å². The SMILES string of the molecule is CC(C)(C)c1ccc(C2(c3ccc(C(C)(C)C)cc3C(C)(C)C)C=Cc3c(-c4ccc5cccc6c5c4C=CC6(c4ccc(C(C)(C)C)cc4C(C)(C)C)c4ccc(C(C)(C)C)cc4C(C)(C)C)ccc4cccc2c34)c(C(C)(C)C)c1. The number of allylic oxidation sites excluding steroid dienone is 2. The minimum atomic E-state index is -0.603. The zero-order chi connectivity index (χ0) is 60.1. The Morgan fingerprint density at radius 1 is 0.244 bits per heavy atom. The highest BCUT2D eigenvalue weighted by molar-refractivity contribution is 6.08. The lowest BCUT2D eigenvalue weighted by Gasteiger charge is -2.44. The molecule has 8 aromatic carbocycles. The molecule has 0 fully saturated rings. The van der Waals surface area contributed by atoms with E-state index in [0.717, 1.165) is 0 Å². The highest BCUT2D eigenvalue weighted by atomic mass is 14.5. The summed E-state index contributed by atoms with van der Waals surface area (Å²) in [5.74, 6) is 0. The van der Waals surface area contributed by atoms with Crippen molar-refractivity contribution in [2.75, 3.05) is 0 Å². The number of benzene rings is 8. The van der Waals surface area contributed by atoms with E-state index in [0.29, 0.717) is 0 Å². The number of hydrogen-bond acceptors (Lipinski definition) is 0. The molecule has 0 nitrogen and oxygen atoms in total. The normalized spacial score (nSPS) is 15.7. The summed E-state index contributed by atoms with van der Waals surface area (Å²) in [4.78, 5) is 0. The molecule has 426 valence electrons. The van der Waals surface area contributed by atoms with Gasteiger partial charge in [-0.25, -0.2) is 0 Å². The van der Waals surface area contributed by atoms with Crippen molar-refractivity contribution in [1.82, 2.24) is 0 Å². The van der Waals surface area contributed by atoms with E-state index in [9.17, 15) is 0 Å². The molecule has 0 heterocycles. The van der Waals surface area contributed by atoms with Crippen LogP contribution in [0.5, 0.6) is 0 Å². The van der Waals surface area contributed by atoms with E-state index < -0.39 is 10.8 Å². The minimum Gasteiger partial charge on any atom is -0.0645 e. The summed E-state index contributed by atoms with van der Waals surface area (Å²) < 4.78 is 0. The van der Waals surface area contributed by atoms with E-state index in [2.05, 4.69) is 324 Å². The van der Waals surface area contributed by atoms with Crippen molar-refractivity contribution in [2.24, 2.45) is 0 Å². The largest absolute Gasteiger partial charge is 0.0647 e. The zero-order valence-electron chi connectivity index (χ0n) is 55.0. The summed E-state index contributed by atoms with van der Waals surface area (Å²) in [5.41, 5.74) is 22.5. The van der Waals surface area contributed by atoms with Crippen LogP contribution >= 0.6 is 0 Å². The Morgan fingerprint density at radius 2 is 0.500 bits per heavy atom. The van der Waals surface area contributed by atoms with E-state index >= 15 is 0 Å². The van der Waals surface area contributed by atoms with Crippen molar-refractivity contribution < 1.29 is 0 Å². The first-order valence-electron chi connectivity index (χ1n) is 30.8. The summed E-state index contributed by atoms with van der Waals surface area (Å²) in [6.45, 7) is 57.2. The van der Waals surface area contributed by atoms with Gasteiger partial charge in [-0.05, 0) is 165 Å². The predicted molar refractivity (Wildman–Crippen MR) is 360 cm³/mol. The molecule has 2 aliphatic rings.